The number of hydrogen-bond donors (Lipinski definition) is 0. The first-order valence-electron chi connectivity index (χ1n) is 3.01. The molecule has 0 aromatic heterocycles. The van der Waals surface area contributed by atoms with Gasteiger partial charge in [0.15, 0.2) is 0 Å². The number of hydrogen-bond acceptors (Lipinski definition) is 4. The lowest BCUT2D eigenvalue weighted by Gasteiger charge is -2.30. The first-order valence-corrected chi connectivity index (χ1v) is 3.01. The van der Waals surface area contributed by atoms with Crippen molar-refractivity contribution in [3.8, 4) is 0 Å². The van der Waals surface area contributed by atoms with E-state index in [4.69, 9.17) is 4.74 Å². The van der Waals surface area contributed by atoms with E-state index in [1.54, 1.807) is 7.11 Å². The van der Waals surface area contributed by atoms with Crippen LogP contribution in [0.1, 0.15) is 6.92 Å². The smallest absolute Gasteiger partial charge is 0.431 e. The fourth-order valence-corrected chi connectivity index (χ4v) is 0.624. The van der Waals surface area contributed by atoms with Crippen molar-refractivity contribution in [3.05, 3.63) is 0 Å². The number of ether oxygens (including phenoxy) is 3. The lowest BCUT2D eigenvalue weighted by atomic mass is 10.1. The Balaban J connectivity index is 2.46. The molecule has 0 radical (unpaired) electrons. The Bertz CT molecular complexity index is 133. The van der Waals surface area contributed by atoms with Gasteiger partial charge in [0.25, 0.3) is 0 Å². The zero-order chi connectivity index (χ0) is 7.61. The van der Waals surface area contributed by atoms with Crippen LogP contribution in [0.5, 0.6) is 0 Å². The van der Waals surface area contributed by atoms with Gasteiger partial charge in [-0.15, -0.1) is 0 Å². The van der Waals surface area contributed by atoms with Crippen LogP contribution in [0.4, 0.5) is 4.79 Å². The van der Waals surface area contributed by atoms with Gasteiger partial charge < -0.3 is 14.2 Å². The Kier molecular flexibility index (Phi) is 1.80. The monoisotopic (exact) mass is 146 g/mol. The summed E-state index contributed by atoms with van der Waals surface area (Å²) >= 11 is 0. The maximum atomic E-state index is 10.4. The molecule has 58 valence electrons. The number of methoxy groups -OCH3 is 1. The summed E-state index contributed by atoms with van der Waals surface area (Å²) in [4.78, 5) is 10.4. The molecular formula is C6H10O4. The topological polar surface area (TPSA) is 44.8 Å². The first kappa shape index (κ1) is 7.34. The zero-order valence-electron chi connectivity index (χ0n) is 6.05. The maximum absolute atomic E-state index is 10.4. The van der Waals surface area contributed by atoms with Crippen LogP contribution in [-0.4, -0.2) is 32.1 Å². The SMILES string of the molecule is COC1(C)COC(=O)OC1. The van der Waals surface area contributed by atoms with Crippen molar-refractivity contribution in [1.82, 2.24) is 0 Å². The normalized spacial score (nSPS) is 23.2. The van der Waals surface area contributed by atoms with E-state index in [1.807, 2.05) is 6.92 Å². The summed E-state index contributed by atoms with van der Waals surface area (Å²) in [5, 5.41) is 0. The number of rotatable bonds is 1. The van der Waals surface area contributed by atoms with Crippen LogP contribution in [0.15, 0.2) is 0 Å². The molecule has 0 atom stereocenters. The molecule has 0 aromatic carbocycles. The highest BCUT2D eigenvalue weighted by Gasteiger charge is 2.32. The third-order valence-corrected chi connectivity index (χ3v) is 1.48. The highest BCUT2D eigenvalue weighted by Crippen LogP contribution is 2.15. The molecule has 1 aliphatic rings. The second kappa shape index (κ2) is 2.46. The molecule has 1 rings (SSSR count). The summed E-state index contributed by atoms with van der Waals surface area (Å²) in [5.74, 6) is 0. The second-order valence-corrected chi connectivity index (χ2v) is 2.48. The molecule has 0 bridgehead atoms. The van der Waals surface area contributed by atoms with E-state index in [1.165, 1.54) is 0 Å². The minimum atomic E-state index is -0.616. The summed E-state index contributed by atoms with van der Waals surface area (Å²) < 4.78 is 14.2. The van der Waals surface area contributed by atoms with Gasteiger partial charge in [-0.2, -0.15) is 0 Å². The average molecular weight is 146 g/mol. The number of carbonyl (C=O) groups is 1. The number of carbonyl (C=O) groups excluding carboxylic acids is 1. The van der Waals surface area contributed by atoms with Gasteiger partial charge in [-0.1, -0.05) is 0 Å². The molecule has 1 heterocycles. The highest BCUT2D eigenvalue weighted by atomic mass is 16.7. The molecule has 10 heavy (non-hydrogen) atoms. The molecule has 1 aliphatic heterocycles. The van der Waals surface area contributed by atoms with Gasteiger partial charge in [-0.3, -0.25) is 0 Å². The van der Waals surface area contributed by atoms with Crippen LogP contribution < -0.4 is 0 Å². The lowest BCUT2D eigenvalue weighted by Crippen LogP contribution is -2.44. The summed E-state index contributed by atoms with van der Waals surface area (Å²) in [5.41, 5.74) is -0.464. The minimum Gasteiger partial charge on any atom is -0.431 e. The zero-order valence-corrected chi connectivity index (χ0v) is 6.05. The van der Waals surface area contributed by atoms with Crippen molar-refractivity contribution in [2.75, 3.05) is 20.3 Å². The standard InChI is InChI=1S/C6H10O4/c1-6(8-2)3-9-5(7)10-4-6/h3-4H2,1-2H3. The van der Waals surface area contributed by atoms with E-state index in [0.717, 1.165) is 0 Å². The third-order valence-electron chi connectivity index (χ3n) is 1.48. The fourth-order valence-electron chi connectivity index (χ4n) is 0.624. The van der Waals surface area contributed by atoms with E-state index >= 15 is 0 Å². The third kappa shape index (κ3) is 1.39. The predicted octanol–water partition coefficient (Wildman–Crippen LogP) is 0.558. The molecule has 0 saturated carbocycles. The van der Waals surface area contributed by atoms with Crippen molar-refractivity contribution in [2.45, 2.75) is 12.5 Å². The van der Waals surface area contributed by atoms with E-state index < -0.39 is 11.8 Å². The first-order chi connectivity index (χ1) is 4.66. The average Bonchev–Trinajstić information content (AvgIpc) is 1.96. The van der Waals surface area contributed by atoms with E-state index in [2.05, 4.69) is 9.47 Å². The van der Waals surface area contributed by atoms with E-state index in [-0.39, 0.29) is 13.2 Å². The number of cyclic esters (lactones) is 2. The lowest BCUT2D eigenvalue weighted by molar-refractivity contribution is -0.126. The van der Waals surface area contributed by atoms with Crippen LogP contribution in [0.25, 0.3) is 0 Å². The molecule has 0 aliphatic carbocycles. The second-order valence-electron chi connectivity index (χ2n) is 2.48. The Morgan fingerprint density at radius 2 is 2.00 bits per heavy atom. The minimum absolute atomic E-state index is 0.266. The summed E-state index contributed by atoms with van der Waals surface area (Å²) in [7, 11) is 1.56. The molecule has 1 fully saturated rings. The van der Waals surface area contributed by atoms with Crippen molar-refractivity contribution < 1.29 is 19.0 Å². The van der Waals surface area contributed by atoms with Crippen LogP contribution in [0, 0.1) is 0 Å². The van der Waals surface area contributed by atoms with Gasteiger partial charge in [-0.25, -0.2) is 4.79 Å². The molecule has 4 heteroatoms. The van der Waals surface area contributed by atoms with Crippen molar-refractivity contribution in [2.24, 2.45) is 0 Å². The van der Waals surface area contributed by atoms with Gasteiger partial charge >= 0.3 is 6.16 Å². The molecule has 0 aromatic rings. The van der Waals surface area contributed by atoms with Gasteiger partial charge in [-0.05, 0) is 6.92 Å². The van der Waals surface area contributed by atoms with Crippen LogP contribution in [-0.2, 0) is 14.2 Å². The summed E-state index contributed by atoms with van der Waals surface area (Å²) in [6.45, 7) is 2.35. The quantitative estimate of drug-likeness (QED) is 0.507. The molecular weight excluding hydrogens is 136 g/mol. The van der Waals surface area contributed by atoms with Crippen molar-refractivity contribution in [1.29, 1.82) is 0 Å². The van der Waals surface area contributed by atoms with Gasteiger partial charge in [0.05, 0.1) is 0 Å². The van der Waals surface area contributed by atoms with E-state index in [9.17, 15) is 4.79 Å². The molecule has 1 saturated heterocycles. The van der Waals surface area contributed by atoms with Gasteiger partial charge in [0, 0.05) is 7.11 Å². The van der Waals surface area contributed by atoms with Gasteiger partial charge in [0.2, 0.25) is 0 Å². The van der Waals surface area contributed by atoms with Gasteiger partial charge in [0.1, 0.15) is 18.8 Å². The predicted molar refractivity (Wildman–Crippen MR) is 32.7 cm³/mol. The largest absolute Gasteiger partial charge is 0.508 e. The van der Waals surface area contributed by atoms with Crippen molar-refractivity contribution >= 4 is 6.16 Å². The molecule has 0 amide bonds. The molecule has 4 nitrogen and oxygen atoms in total. The van der Waals surface area contributed by atoms with Crippen LogP contribution in [0.3, 0.4) is 0 Å². The molecule has 0 unspecified atom stereocenters. The van der Waals surface area contributed by atoms with Crippen LogP contribution in [0.2, 0.25) is 0 Å². The van der Waals surface area contributed by atoms with Crippen LogP contribution >= 0.6 is 0 Å². The summed E-state index contributed by atoms with van der Waals surface area (Å²) in [6.07, 6.45) is -0.616. The molecule has 0 spiro atoms. The Hall–Kier alpha value is -0.770. The van der Waals surface area contributed by atoms with Crippen molar-refractivity contribution in [3.63, 3.8) is 0 Å². The van der Waals surface area contributed by atoms with E-state index in [0.29, 0.717) is 0 Å². The Labute approximate surface area is 59.1 Å². The highest BCUT2D eigenvalue weighted by molar-refractivity contribution is 5.60. The molecule has 0 N–H and O–H groups in total. The Morgan fingerprint density at radius 1 is 1.50 bits per heavy atom. The Morgan fingerprint density at radius 3 is 2.40 bits per heavy atom. The summed E-state index contributed by atoms with van der Waals surface area (Å²) in [6, 6.07) is 0. The maximum Gasteiger partial charge on any atom is 0.508 e. The fraction of sp³-hybridized carbons (Fsp3) is 0.833.